The van der Waals surface area contributed by atoms with Crippen molar-refractivity contribution in [2.45, 2.75) is 25.9 Å². The highest BCUT2D eigenvalue weighted by Gasteiger charge is 2.18. The minimum Gasteiger partial charge on any atom is -0.316 e. The molecule has 0 aromatic heterocycles. The predicted octanol–water partition coefficient (Wildman–Crippen LogP) is 4.32. The lowest BCUT2D eigenvalue weighted by molar-refractivity contribution is 0.196. The van der Waals surface area contributed by atoms with Crippen LogP contribution in [0.5, 0.6) is 0 Å². The second-order valence-electron chi connectivity index (χ2n) is 5.97. The second kappa shape index (κ2) is 7.63. The van der Waals surface area contributed by atoms with Gasteiger partial charge < -0.3 is 10.2 Å². The zero-order valence-electron chi connectivity index (χ0n) is 13.2. The van der Waals surface area contributed by atoms with Gasteiger partial charge in [0.25, 0.3) is 0 Å². The minimum absolute atomic E-state index is 0.0605. The van der Waals surface area contributed by atoms with Crippen LogP contribution >= 0.6 is 0 Å². The summed E-state index contributed by atoms with van der Waals surface area (Å²) in [6.07, 6.45) is 6.36. The van der Waals surface area contributed by atoms with Crippen LogP contribution in [0.1, 0.15) is 24.0 Å². The molecule has 0 bridgehead atoms. The maximum atomic E-state index is 12.5. The van der Waals surface area contributed by atoms with Crippen LogP contribution in [-0.4, -0.2) is 10.9 Å². The molecule has 0 radical (unpaired) electrons. The van der Waals surface area contributed by atoms with Crippen molar-refractivity contribution in [3.05, 3.63) is 84.1 Å². The molecule has 1 aliphatic carbocycles. The molecule has 2 aromatic rings. The van der Waals surface area contributed by atoms with Gasteiger partial charge in [-0.25, -0.2) is 4.79 Å². The van der Waals surface area contributed by atoms with Crippen LogP contribution in [0, 0.1) is 5.92 Å². The monoisotopic (exact) mass is 306 g/mol. The zero-order valence-corrected chi connectivity index (χ0v) is 13.2. The van der Waals surface area contributed by atoms with Crippen LogP contribution in [0.2, 0.25) is 0 Å². The number of urea groups is 1. The van der Waals surface area contributed by atoms with Gasteiger partial charge in [-0.15, -0.1) is 0 Å². The van der Waals surface area contributed by atoms with Crippen molar-refractivity contribution >= 4 is 6.03 Å². The molecule has 0 spiro atoms. The van der Waals surface area contributed by atoms with Gasteiger partial charge >= 0.3 is 6.03 Å². The number of hydrogen-bond acceptors (Lipinski definition) is 1. The number of nitrogens with one attached hydrogen (secondary N) is 1. The van der Waals surface area contributed by atoms with E-state index in [1.807, 2.05) is 65.6 Å². The van der Waals surface area contributed by atoms with Crippen LogP contribution in [0.25, 0.3) is 0 Å². The smallest absolute Gasteiger partial charge is 0.316 e. The van der Waals surface area contributed by atoms with Gasteiger partial charge in [0.1, 0.15) is 0 Å². The molecular weight excluding hydrogens is 284 g/mol. The van der Waals surface area contributed by atoms with Crippen LogP contribution in [0.3, 0.4) is 0 Å². The van der Waals surface area contributed by atoms with Gasteiger partial charge in [-0.1, -0.05) is 66.7 Å². The van der Waals surface area contributed by atoms with E-state index >= 15 is 0 Å². The molecule has 3 nitrogen and oxygen atoms in total. The third kappa shape index (κ3) is 4.99. The third-order valence-corrected chi connectivity index (χ3v) is 3.92. The number of amides is 2. The van der Waals surface area contributed by atoms with Gasteiger partial charge in [0.05, 0.1) is 0 Å². The molecule has 0 heterocycles. The van der Waals surface area contributed by atoms with E-state index < -0.39 is 0 Å². The molecule has 0 aliphatic heterocycles. The topological polar surface area (TPSA) is 32.3 Å². The van der Waals surface area contributed by atoms with E-state index in [-0.39, 0.29) is 6.03 Å². The molecule has 118 valence electrons. The molecule has 23 heavy (non-hydrogen) atoms. The fourth-order valence-corrected chi connectivity index (χ4v) is 2.44. The molecule has 2 amide bonds. The first kappa shape index (κ1) is 15.3. The van der Waals surface area contributed by atoms with Crippen LogP contribution in [0.4, 0.5) is 4.79 Å². The summed E-state index contributed by atoms with van der Waals surface area (Å²) in [5.41, 5.74) is 2.26. The SMILES string of the molecule is O=C(N/C=C/C1CC1)N(Cc1ccccc1)Cc1ccccc1. The Bertz CT molecular complexity index is 606. The fraction of sp³-hybridized carbons (Fsp3) is 0.250. The number of benzene rings is 2. The van der Waals surface area contributed by atoms with Gasteiger partial charge in [-0.2, -0.15) is 0 Å². The lowest BCUT2D eigenvalue weighted by Crippen LogP contribution is -2.36. The zero-order chi connectivity index (χ0) is 15.9. The van der Waals surface area contributed by atoms with Crippen molar-refractivity contribution in [3.63, 3.8) is 0 Å². The van der Waals surface area contributed by atoms with Gasteiger partial charge in [0, 0.05) is 19.3 Å². The molecule has 1 aliphatic rings. The quantitative estimate of drug-likeness (QED) is 0.847. The highest BCUT2D eigenvalue weighted by molar-refractivity contribution is 5.75. The number of carbonyl (C=O) groups excluding carboxylic acids is 1. The first-order valence-corrected chi connectivity index (χ1v) is 8.11. The molecule has 2 aromatic carbocycles. The van der Waals surface area contributed by atoms with Crippen molar-refractivity contribution in [1.29, 1.82) is 0 Å². The Balaban J connectivity index is 1.67. The fourth-order valence-electron chi connectivity index (χ4n) is 2.44. The molecule has 1 saturated carbocycles. The number of rotatable bonds is 6. The van der Waals surface area contributed by atoms with Crippen molar-refractivity contribution in [3.8, 4) is 0 Å². The Kier molecular flexibility index (Phi) is 5.09. The molecule has 3 heteroatoms. The first-order valence-electron chi connectivity index (χ1n) is 8.11. The Morgan fingerprint density at radius 2 is 1.48 bits per heavy atom. The van der Waals surface area contributed by atoms with Crippen LogP contribution in [-0.2, 0) is 13.1 Å². The average Bonchev–Trinajstić information content (AvgIpc) is 3.40. The maximum absolute atomic E-state index is 12.5. The Hall–Kier alpha value is -2.55. The van der Waals surface area contributed by atoms with Crippen molar-refractivity contribution in [1.82, 2.24) is 10.2 Å². The molecule has 3 rings (SSSR count). The Morgan fingerprint density at radius 1 is 0.957 bits per heavy atom. The second-order valence-corrected chi connectivity index (χ2v) is 5.97. The van der Waals surface area contributed by atoms with Crippen molar-refractivity contribution < 1.29 is 4.79 Å². The molecule has 0 atom stereocenters. The number of carbonyl (C=O) groups is 1. The van der Waals surface area contributed by atoms with E-state index in [0.717, 1.165) is 11.1 Å². The van der Waals surface area contributed by atoms with E-state index in [4.69, 9.17) is 0 Å². The highest BCUT2D eigenvalue weighted by atomic mass is 16.2. The predicted molar refractivity (Wildman–Crippen MR) is 92.5 cm³/mol. The van der Waals surface area contributed by atoms with Gasteiger partial charge in [-0.05, 0) is 29.9 Å². The number of allylic oxidation sites excluding steroid dienone is 1. The normalized spacial score (nSPS) is 13.9. The summed E-state index contributed by atoms with van der Waals surface area (Å²) in [6, 6.07) is 20.1. The summed E-state index contributed by atoms with van der Waals surface area (Å²) in [6.45, 7) is 1.19. The highest BCUT2D eigenvalue weighted by Crippen LogP contribution is 2.29. The van der Waals surface area contributed by atoms with Crippen molar-refractivity contribution in [2.75, 3.05) is 0 Å². The summed E-state index contributed by atoms with van der Waals surface area (Å²) in [7, 11) is 0. The first-order chi connectivity index (χ1) is 11.3. The molecular formula is C20H22N2O. The van der Waals surface area contributed by atoms with E-state index in [0.29, 0.717) is 19.0 Å². The third-order valence-electron chi connectivity index (χ3n) is 3.92. The van der Waals surface area contributed by atoms with Crippen LogP contribution < -0.4 is 5.32 Å². The summed E-state index contributed by atoms with van der Waals surface area (Å²) in [5, 5.41) is 2.90. The van der Waals surface area contributed by atoms with E-state index in [2.05, 4.69) is 11.4 Å². The molecule has 1 N–H and O–H groups in total. The molecule has 0 saturated heterocycles. The van der Waals surface area contributed by atoms with E-state index in [9.17, 15) is 4.79 Å². The molecule has 0 unspecified atom stereocenters. The van der Waals surface area contributed by atoms with E-state index in [1.54, 1.807) is 6.20 Å². The van der Waals surface area contributed by atoms with E-state index in [1.165, 1.54) is 12.8 Å². The molecule has 1 fully saturated rings. The summed E-state index contributed by atoms with van der Waals surface area (Å²) in [5.74, 6) is 0.659. The summed E-state index contributed by atoms with van der Waals surface area (Å²) in [4.78, 5) is 14.4. The largest absolute Gasteiger partial charge is 0.321 e. The van der Waals surface area contributed by atoms with Crippen LogP contribution in [0.15, 0.2) is 72.9 Å². The van der Waals surface area contributed by atoms with Gasteiger partial charge in [0.15, 0.2) is 0 Å². The Labute approximate surface area is 137 Å². The lowest BCUT2D eigenvalue weighted by Gasteiger charge is -2.22. The van der Waals surface area contributed by atoms with Crippen molar-refractivity contribution in [2.24, 2.45) is 5.92 Å². The van der Waals surface area contributed by atoms with Gasteiger partial charge in [0.2, 0.25) is 0 Å². The average molecular weight is 306 g/mol. The lowest BCUT2D eigenvalue weighted by atomic mass is 10.2. The summed E-state index contributed by atoms with van der Waals surface area (Å²) >= 11 is 0. The summed E-state index contributed by atoms with van der Waals surface area (Å²) < 4.78 is 0. The number of hydrogen-bond donors (Lipinski definition) is 1. The number of nitrogens with zero attached hydrogens (tertiary/aromatic N) is 1. The minimum atomic E-state index is -0.0605. The Morgan fingerprint density at radius 3 is 1.96 bits per heavy atom. The maximum Gasteiger partial charge on any atom is 0.321 e. The van der Waals surface area contributed by atoms with Gasteiger partial charge in [-0.3, -0.25) is 0 Å². The standard InChI is InChI=1S/C20H22N2O/c23-20(21-14-13-17-11-12-17)22(15-18-7-3-1-4-8-18)16-19-9-5-2-6-10-19/h1-10,13-14,17H,11-12,15-16H2,(H,21,23)/b14-13+.